The quantitative estimate of drug-likeness (QED) is 0.876. The fourth-order valence-corrected chi connectivity index (χ4v) is 2.14. The molecule has 0 spiro atoms. The zero-order valence-electron chi connectivity index (χ0n) is 9.65. The molecule has 1 amide bonds. The summed E-state index contributed by atoms with van der Waals surface area (Å²) in [6.07, 6.45) is 0. The molecule has 5 heteroatoms. The zero-order chi connectivity index (χ0) is 12.3. The third kappa shape index (κ3) is 2.62. The van der Waals surface area contributed by atoms with E-state index in [0.29, 0.717) is 5.69 Å². The van der Waals surface area contributed by atoms with Crippen molar-refractivity contribution in [2.75, 3.05) is 17.7 Å². The number of aromatic nitrogens is 1. The minimum Gasteiger partial charge on any atom is -0.378 e. The van der Waals surface area contributed by atoms with Crippen molar-refractivity contribution in [1.82, 2.24) is 4.98 Å². The first-order valence-electron chi connectivity index (χ1n) is 5.20. The highest BCUT2D eigenvalue weighted by Gasteiger charge is 2.13. The molecule has 0 radical (unpaired) electrons. The fraction of sp³-hybridized carbons (Fsp3) is 0.167. The molecule has 2 rings (SSSR count). The van der Waals surface area contributed by atoms with Crippen LogP contribution in [0.3, 0.4) is 0 Å². The molecule has 2 aromatic rings. The summed E-state index contributed by atoms with van der Waals surface area (Å²) < 4.78 is 0. The van der Waals surface area contributed by atoms with Crippen molar-refractivity contribution >= 4 is 27.9 Å². The first-order chi connectivity index (χ1) is 8.20. The molecule has 4 nitrogen and oxygen atoms in total. The molecular formula is C12H13N3OS. The van der Waals surface area contributed by atoms with Crippen molar-refractivity contribution in [3.63, 3.8) is 0 Å². The molecule has 0 atom stereocenters. The number of rotatable bonds is 3. The van der Waals surface area contributed by atoms with Crippen LogP contribution in [0.2, 0.25) is 0 Å². The van der Waals surface area contributed by atoms with Crippen LogP contribution in [0.25, 0.3) is 0 Å². The van der Waals surface area contributed by atoms with Crippen molar-refractivity contribution in [3.8, 4) is 0 Å². The van der Waals surface area contributed by atoms with E-state index in [9.17, 15) is 4.79 Å². The van der Waals surface area contributed by atoms with E-state index in [1.807, 2.05) is 31.2 Å². The molecule has 0 unspecified atom stereocenters. The highest BCUT2D eigenvalue weighted by Crippen LogP contribution is 2.20. The van der Waals surface area contributed by atoms with Gasteiger partial charge < -0.3 is 10.6 Å². The van der Waals surface area contributed by atoms with Crippen LogP contribution in [0.1, 0.15) is 16.1 Å². The maximum atomic E-state index is 12.0. The van der Waals surface area contributed by atoms with Gasteiger partial charge in [-0.2, -0.15) is 0 Å². The lowest BCUT2D eigenvalue weighted by Gasteiger charge is -2.05. The van der Waals surface area contributed by atoms with E-state index < -0.39 is 0 Å². The second-order valence-corrected chi connectivity index (χ2v) is 4.46. The summed E-state index contributed by atoms with van der Waals surface area (Å²) >= 11 is 1.41. The van der Waals surface area contributed by atoms with Crippen molar-refractivity contribution in [2.45, 2.75) is 6.92 Å². The Labute approximate surface area is 104 Å². The molecule has 88 valence electrons. The van der Waals surface area contributed by atoms with Gasteiger partial charge in [0, 0.05) is 12.7 Å². The SMILES string of the molecule is CNc1scnc1C(=O)Nc1cccc(C)c1. The van der Waals surface area contributed by atoms with Crippen LogP contribution in [0.15, 0.2) is 29.8 Å². The van der Waals surface area contributed by atoms with Gasteiger partial charge in [0.05, 0.1) is 5.51 Å². The number of nitrogens with one attached hydrogen (secondary N) is 2. The Morgan fingerprint density at radius 3 is 2.94 bits per heavy atom. The maximum Gasteiger partial charge on any atom is 0.277 e. The minimum absolute atomic E-state index is 0.193. The number of hydrogen-bond acceptors (Lipinski definition) is 4. The Bertz CT molecular complexity index is 536. The van der Waals surface area contributed by atoms with Gasteiger partial charge in [-0.05, 0) is 24.6 Å². The standard InChI is InChI=1S/C12H13N3OS/c1-8-4-3-5-9(6-8)15-11(16)10-12(13-2)17-7-14-10/h3-7,13H,1-2H3,(H,15,16). The third-order valence-electron chi connectivity index (χ3n) is 2.29. The van der Waals surface area contributed by atoms with Gasteiger partial charge in [-0.25, -0.2) is 4.98 Å². The van der Waals surface area contributed by atoms with E-state index in [-0.39, 0.29) is 5.91 Å². The average Bonchev–Trinajstić information content (AvgIpc) is 2.77. The van der Waals surface area contributed by atoms with Crippen LogP contribution in [-0.2, 0) is 0 Å². The Hall–Kier alpha value is -1.88. The van der Waals surface area contributed by atoms with E-state index in [1.54, 1.807) is 12.6 Å². The van der Waals surface area contributed by atoms with Gasteiger partial charge >= 0.3 is 0 Å². The lowest BCUT2D eigenvalue weighted by molar-refractivity contribution is 0.102. The lowest BCUT2D eigenvalue weighted by atomic mass is 10.2. The van der Waals surface area contributed by atoms with Crippen molar-refractivity contribution in [2.24, 2.45) is 0 Å². The smallest absolute Gasteiger partial charge is 0.277 e. The number of anilines is 2. The number of hydrogen-bond donors (Lipinski definition) is 2. The predicted molar refractivity (Wildman–Crippen MR) is 70.8 cm³/mol. The lowest BCUT2D eigenvalue weighted by Crippen LogP contribution is -2.13. The van der Waals surface area contributed by atoms with E-state index in [0.717, 1.165) is 16.3 Å². The summed E-state index contributed by atoms with van der Waals surface area (Å²) in [4.78, 5) is 16.0. The van der Waals surface area contributed by atoms with E-state index >= 15 is 0 Å². The summed E-state index contributed by atoms with van der Waals surface area (Å²) in [5.41, 5.74) is 3.97. The van der Waals surface area contributed by atoms with Gasteiger partial charge in [0.2, 0.25) is 0 Å². The summed E-state index contributed by atoms with van der Waals surface area (Å²) in [7, 11) is 1.77. The molecule has 1 heterocycles. The molecule has 17 heavy (non-hydrogen) atoms. The molecule has 0 aliphatic heterocycles. The van der Waals surface area contributed by atoms with Gasteiger partial charge in [-0.1, -0.05) is 12.1 Å². The number of carbonyl (C=O) groups excluding carboxylic acids is 1. The second kappa shape index (κ2) is 4.97. The monoisotopic (exact) mass is 247 g/mol. The Morgan fingerprint density at radius 1 is 1.41 bits per heavy atom. The minimum atomic E-state index is -0.193. The van der Waals surface area contributed by atoms with Gasteiger partial charge in [-0.3, -0.25) is 4.79 Å². The normalized spacial score (nSPS) is 10.0. The highest BCUT2D eigenvalue weighted by molar-refractivity contribution is 7.14. The van der Waals surface area contributed by atoms with Crippen molar-refractivity contribution in [1.29, 1.82) is 0 Å². The largest absolute Gasteiger partial charge is 0.378 e. The third-order valence-corrected chi connectivity index (χ3v) is 3.13. The van der Waals surface area contributed by atoms with Gasteiger partial charge in [-0.15, -0.1) is 11.3 Å². The topological polar surface area (TPSA) is 54.0 Å². The number of nitrogens with zero attached hydrogens (tertiary/aromatic N) is 1. The van der Waals surface area contributed by atoms with Crippen molar-refractivity contribution < 1.29 is 4.79 Å². The van der Waals surface area contributed by atoms with E-state index in [4.69, 9.17) is 0 Å². The molecule has 0 fully saturated rings. The molecule has 0 bridgehead atoms. The molecule has 0 saturated heterocycles. The summed E-state index contributed by atoms with van der Waals surface area (Å²) in [5, 5.41) is 6.55. The molecule has 2 N–H and O–H groups in total. The molecule has 0 saturated carbocycles. The average molecular weight is 247 g/mol. The van der Waals surface area contributed by atoms with Crippen LogP contribution in [0, 0.1) is 6.92 Å². The Morgan fingerprint density at radius 2 is 2.24 bits per heavy atom. The van der Waals surface area contributed by atoms with Gasteiger partial charge in [0.15, 0.2) is 5.69 Å². The van der Waals surface area contributed by atoms with Crippen LogP contribution in [0.4, 0.5) is 10.7 Å². The zero-order valence-corrected chi connectivity index (χ0v) is 10.5. The number of benzene rings is 1. The summed E-state index contributed by atoms with van der Waals surface area (Å²) in [5.74, 6) is -0.193. The van der Waals surface area contributed by atoms with Crippen LogP contribution >= 0.6 is 11.3 Å². The molecule has 0 aliphatic carbocycles. The number of carbonyl (C=O) groups is 1. The second-order valence-electron chi connectivity index (χ2n) is 3.60. The van der Waals surface area contributed by atoms with Crippen LogP contribution in [-0.4, -0.2) is 17.9 Å². The van der Waals surface area contributed by atoms with E-state index in [1.165, 1.54) is 11.3 Å². The number of aryl methyl sites for hydroxylation is 1. The molecule has 0 aliphatic rings. The first kappa shape index (κ1) is 11.6. The molecule has 1 aromatic carbocycles. The van der Waals surface area contributed by atoms with Crippen LogP contribution < -0.4 is 10.6 Å². The summed E-state index contributed by atoms with van der Waals surface area (Å²) in [6, 6.07) is 7.67. The van der Waals surface area contributed by atoms with Crippen LogP contribution in [0.5, 0.6) is 0 Å². The number of amides is 1. The Balaban J connectivity index is 2.17. The van der Waals surface area contributed by atoms with Gasteiger partial charge in [0.1, 0.15) is 5.00 Å². The highest BCUT2D eigenvalue weighted by atomic mass is 32.1. The summed E-state index contributed by atoms with van der Waals surface area (Å²) in [6.45, 7) is 1.98. The van der Waals surface area contributed by atoms with Gasteiger partial charge in [0.25, 0.3) is 5.91 Å². The van der Waals surface area contributed by atoms with Crippen molar-refractivity contribution in [3.05, 3.63) is 41.0 Å². The molecular weight excluding hydrogens is 234 g/mol. The first-order valence-corrected chi connectivity index (χ1v) is 6.08. The molecule has 1 aromatic heterocycles. The fourth-order valence-electron chi connectivity index (χ4n) is 1.50. The predicted octanol–water partition coefficient (Wildman–Crippen LogP) is 2.75. The Kier molecular flexibility index (Phi) is 3.39. The maximum absolute atomic E-state index is 12.0. The number of thiazole rings is 1. The van der Waals surface area contributed by atoms with E-state index in [2.05, 4.69) is 15.6 Å².